The Morgan fingerprint density at radius 1 is 1.25 bits per heavy atom. The molecule has 0 aromatic heterocycles. The molecule has 3 aliphatic rings. The Labute approximate surface area is 194 Å². The first kappa shape index (κ1) is 22.3. The molecule has 1 aromatic carbocycles. The average molecular weight is 559 g/mol. The summed E-state index contributed by atoms with van der Waals surface area (Å²) in [5.74, 6) is -2.54. The summed E-state index contributed by atoms with van der Waals surface area (Å²) in [4.78, 5) is 56.1. The van der Waals surface area contributed by atoms with Gasteiger partial charge in [-0.2, -0.15) is 0 Å². The zero-order chi connectivity index (χ0) is 23.0. The Bertz CT molecular complexity index is 1020. The van der Waals surface area contributed by atoms with Gasteiger partial charge in [-0.3, -0.25) is 4.79 Å². The molecule has 0 spiro atoms. The fraction of sp³-hybridized carbons (Fsp3) is 0.400. The van der Waals surface area contributed by atoms with E-state index in [1.165, 1.54) is 12.0 Å². The van der Waals surface area contributed by atoms with E-state index in [1.54, 1.807) is 25.1 Å². The molecule has 0 radical (unpaired) electrons. The zero-order valence-electron chi connectivity index (χ0n) is 17.2. The van der Waals surface area contributed by atoms with Gasteiger partial charge in [0.2, 0.25) is 0 Å². The number of aliphatic hydroxyl groups excluding tert-OH is 1. The summed E-state index contributed by atoms with van der Waals surface area (Å²) in [6.45, 7) is 1.75. The van der Waals surface area contributed by atoms with Crippen LogP contribution in [0.1, 0.15) is 31.7 Å². The molecule has 2 unspecified atom stereocenters. The molecule has 1 saturated heterocycles. The number of hydrogen-bond donors (Lipinski definition) is 1. The Hall–Kier alpha value is -2.87. The third-order valence-electron chi connectivity index (χ3n) is 5.39. The van der Waals surface area contributed by atoms with Crippen LogP contribution >= 0.6 is 0 Å². The number of allylic oxidation sites excluding steroid dienone is 1. The number of amides is 2. The molecule has 1 aromatic rings. The third kappa shape index (κ3) is 4.11. The number of hydroxylamine groups is 2. The van der Waals surface area contributed by atoms with Crippen molar-refractivity contribution in [2.75, 3.05) is 7.11 Å². The third-order valence-corrected chi connectivity index (χ3v) is 6.70. The number of fused-ring (bicyclic) bond motifs is 1. The number of ether oxygens (including phenoxy) is 1. The molecule has 12 heteroatoms. The zero-order valence-corrected chi connectivity index (χ0v) is 19.4. The van der Waals surface area contributed by atoms with E-state index < -0.39 is 64.4 Å². The normalized spacial score (nSPS) is 22.3. The molecular weight excluding hydrogens is 539 g/mol. The average Bonchev–Trinajstić information content (AvgIpc) is 3.42. The SMILES string of the molecule is COC(=O)C1=C(C)N(Cc2ccc3c(c2)O[I-]O3)C(=O)C1CC(=O)ON1C(=O)CCC1O. The fourth-order valence-electron chi connectivity index (χ4n) is 3.77. The Morgan fingerprint density at radius 3 is 2.69 bits per heavy atom. The van der Waals surface area contributed by atoms with Crippen molar-refractivity contribution in [3.05, 3.63) is 35.0 Å². The van der Waals surface area contributed by atoms with E-state index in [4.69, 9.17) is 15.7 Å². The molecule has 0 saturated carbocycles. The molecule has 0 bridgehead atoms. The van der Waals surface area contributed by atoms with Gasteiger partial charge in [0.15, 0.2) is 6.23 Å². The summed E-state index contributed by atoms with van der Waals surface area (Å²) >= 11 is -0.832. The van der Waals surface area contributed by atoms with E-state index in [0.717, 1.165) is 5.56 Å². The number of halogens is 1. The predicted molar refractivity (Wildman–Crippen MR) is 99.2 cm³/mol. The van der Waals surface area contributed by atoms with Gasteiger partial charge >= 0.3 is 159 Å². The number of esters is 1. The smallest absolute Gasteiger partial charge is 0.370 e. The second-order valence-corrected chi connectivity index (χ2v) is 8.61. The van der Waals surface area contributed by atoms with Crippen LogP contribution in [-0.4, -0.2) is 52.2 Å². The van der Waals surface area contributed by atoms with Crippen molar-refractivity contribution in [1.29, 1.82) is 0 Å². The van der Waals surface area contributed by atoms with Crippen molar-refractivity contribution in [2.24, 2.45) is 5.92 Å². The number of rotatable bonds is 6. The van der Waals surface area contributed by atoms with Crippen LogP contribution in [0.25, 0.3) is 0 Å². The maximum atomic E-state index is 13.2. The molecule has 32 heavy (non-hydrogen) atoms. The molecule has 11 nitrogen and oxygen atoms in total. The van der Waals surface area contributed by atoms with Gasteiger partial charge in [-0.15, -0.1) is 0 Å². The minimum absolute atomic E-state index is 0.0501. The summed E-state index contributed by atoms with van der Waals surface area (Å²) in [6, 6.07) is 5.31. The number of benzene rings is 1. The van der Waals surface area contributed by atoms with Crippen LogP contribution in [0.4, 0.5) is 0 Å². The standard InChI is InChI=1S/C20H20IN2O9/c1-10-18(20(28)29-2)12(8-17(26)32-23-15(24)5-6-16(23)25)19(27)22(10)9-11-3-4-13-14(7-11)31-21-30-13/h3-4,7,12,15,24H,5-6,8-9H2,1-2H3/q-1. The maximum absolute atomic E-state index is 13.2. The van der Waals surface area contributed by atoms with Crippen LogP contribution in [0.2, 0.25) is 0 Å². The molecular formula is C20H20IN2O9-. The summed E-state index contributed by atoms with van der Waals surface area (Å²) < 4.78 is 15.7. The van der Waals surface area contributed by atoms with E-state index in [-0.39, 0.29) is 25.0 Å². The Morgan fingerprint density at radius 2 is 2.00 bits per heavy atom. The predicted octanol–water partition coefficient (Wildman–Crippen LogP) is -2.43. The minimum atomic E-state index is -1.23. The molecule has 4 rings (SSSR count). The van der Waals surface area contributed by atoms with Crippen molar-refractivity contribution in [2.45, 2.75) is 39.0 Å². The molecule has 2 amide bonds. The van der Waals surface area contributed by atoms with Crippen molar-refractivity contribution in [3.8, 4) is 11.5 Å². The van der Waals surface area contributed by atoms with Gasteiger partial charge in [0.1, 0.15) is 0 Å². The number of nitrogens with zero attached hydrogens (tertiary/aromatic N) is 2. The van der Waals surface area contributed by atoms with Gasteiger partial charge in [0.25, 0.3) is 5.91 Å². The summed E-state index contributed by atoms with van der Waals surface area (Å²) in [5, 5.41) is 10.4. The van der Waals surface area contributed by atoms with Gasteiger partial charge < -0.3 is 5.11 Å². The van der Waals surface area contributed by atoms with E-state index in [1.807, 2.05) is 0 Å². The van der Waals surface area contributed by atoms with Crippen LogP contribution in [-0.2, 0) is 35.3 Å². The summed E-state index contributed by atoms with van der Waals surface area (Å²) in [5.41, 5.74) is 1.17. The van der Waals surface area contributed by atoms with E-state index in [0.29, 0.717) is 22.3 Å². The summed E-state index contributed by atoms with van der Waals surface area (Å²) in [6.07, 6.45) is -1.52. The van der Waals surface area contributed by atoms with Crippen LogP contribution in [0.3, 0.4) is 0 Å². The van der Waals surface area contributed by atoms with Gasteiger partial charge in [-0.25, -0.2) is 0 Å². The quantitative estimate of drug-likeness (QED) is 0.299. The molecule has 3 heterocycles. The van der Waals surface area contributed by atoms with Crippen LogP contribution in [0.5, 0.6) is 11.5 Å². The monoisotopic (exact) mass is 559 g/mol. The molecule has 3 aliphatic heterocycles. The van der Waals surface area contributed by atoms with Gasteiger partial charge in [0.05, 0.1) is 0 Å². The second-order valence-electron chi connectivity index (χ2n) is 7.37. The van der Waals surface area contributed by atoms with Crippen molar-refractivity contribution >= 4 is 23.8 Å². The molecule has 172 valence electrons. The molecule has 2 atom stereocenters. The van der Waals surface area contributed by atoms with Crippen molar-refractivity contribution in [1.82, 2.24) is 9.96 Å². The van der Waals surface area contributed by atoms with Crippen LogP contribution in [0, 0.1) is 5.92 Å². The van der Waals surface area contributed by atoms with Gasteiger partial charge in [0, 0.05) is 12.8 Å². The van der Waals surface area contributed by atoms with E-state index in [2.05, 4.69) is 0 Å². The first-order valence-corrected chi connectivity index (χ1v) is 11.5. The number of aliphatic hydroxyl groups is 1. The fourth-order valence-corrected chi connectivity index (χ4v) is 4.96. The minimum Gasteiger partial charge on any atom is -0.370 e. The van der Waals surface area contributed by atoms with E-state index >= 15 is 0 Å². The van der Waals surface area contributed by atoms with Gasteiger partial charge in [-0.05, 0) is 0 Å². The number of methoxy groups -OCH3 is 1. The van der Waals surface area contributed by atoms with Gasteiger partial charge in [-0.1, -0.05) is 0 Å². The first-order valence-electron chi connectivity index (χ1n) is 9.73. The summed E-state index contributed by atoms with van der Waals surface area (Å²) in [7, 11) is 1.19. The van der Waals surface area contributed by atoms with Crippen LogP contribution < -0.4 is 28.2 Å². The molecule has 1 fully saturated rings. The molecule has 1 N–H and O–H groups in total. The van der Waals surface area contributed by atoms with Crippen LogP contribution in [0.15, 0.2) is 29.5 Å². The number of hydrogen-bond acceptors (Lipinski definition) is 9. The second kappa shape index (κ2) is 8.94. The van der Waals surface area contributed by atoms with Crippen molar-refractivity contribution in [3.63, 3.8) is 0 Å². The first-order chi connectivity index (χ1) is 15.3. The number of carbonyl (C=O) groups excluding carboxylic acids is 4. The molecule has 0 aliphatic carbocycles. The Balaban J connectivity index is 1.53. The van der Waals surface area contributed by atoms with E-state index in [9.17, 15) is 24.3 Å². The topological polar surface area (TPSA) is 132 Å². The number of carbonyl (C=O) groups is 4. The van der Waals surface area contributed by atoms with Crippen molar-refractivity contribution < 1.29 is 62.0 Å². The Kier molecular flexibility index (Phi) is 6.24.